The molecule has 0 saturated carbocycles. The van der Waals surface area contributed by atoms with Crippen LogP contribution in [0.25, 0.3) is 6.08 Å². The molecule has 0 aromatic heterocycles. The third-order valence-corrected chi connectivity index (χ3v) is 2.42. The fourth-order valence-corrected chi connectivity index (χ4v) is 1.39. The maximum absolute atomic E-state index is 11.3. The van der Waals surface area contributed by atoms with Gasteiger partial charge in [-0.3, -0.25) is 4.79 Å². The molecule has 1 rings (SSSR count). The highest BCUT2D eigenvalue weighted by molar-refractivity contribution is 5.87. The van der Waals surface area contributed by atoms with Gasteiger partial charge in [0.25, 0.3) is 0 Å². The lowest BCUT2D eigenvalue weighted by Gasteiger charge is -2.20. The second kappa shape index (κ2) is 5.47. The summed E-state index contributed by atoms with van der Waals surface area (Å²) in [6, 6.07) is 9.63. The summed E-state index contributed by atoms with van der Waals surface area (Å²) in [6.07, 6.45) is 4.47. The minimum absolute atomic E-state index is 0.450. The molecular weight excluding hydrogens is 200 g/mol. The Kier molecular flexibility index (Phi) is 4.26. The lowest BCUT2D eigenvalue weighted by Crippen LogP contribution is -2.50. The lowest BCUT2D eigenvalue weighted by molar-refractivity contribution is -0.121. The SMILES string of the molecule is [CH2]CCC(N)(C=Cc1ccccc1)C(N)=O. The van der Waals surface area contributed by atoms with Crippen molar-refractivity contribution in [1.82, 2.24) is 0 Å². The minimum Gasteiger partial charge on any atom is -0.368 e. The summed E-state index contributed by atoms with van der Waals surface area (Å²) in [7, 11) is 0. The average Bonchev–Trinajstić information content (AvgIpc) is 2.28. The van der Waals surface area contributed by atoms with Crippen LogP contribution in [0.1, 0.15) is 18.4 Å². The van der Waals surface area contributed by atoms with Gasteiger partial charge in [-0.2, -0.15) is 0 Å². The first kappa shape index (κ1) is 12.5. The molecular formula is C13H17N2O. The quantitative estimate of drug-likeness (QED) is 0.784. The maximum Gasteiger partial charge on any atom is 0.241 e. The third kappa shape index (κ3) is 3.21. The Balaban J connectivity index is 2.84. The summed E-state index contributed by atoms with van der Waals surface area (Å²) in [4.78, 5) is 11.3. The van der Waals surface area contributed by atoms with Crippen molar-refractivity contribution in [3.63, 3.8) is 0 Å². The van der Waals surface area contributed by atoms with Crippen molar-refractivity contribution in [1.29, 1.82) is 0 Å². The van der Waals surface area contributed by atoms with Crippen LogP contribution in [0.5, 0.6) is 0 Å². The van der Waals surface area contributed by atoms with E-state index in [1.807, 2.05) is 30.3 Å². The molecule has 0 fully saturated rings. The van der Waals surface area contributed by atoms with Crippen LogP contribution in [0.15, 0.2) is 36.4 Å². The fourth-order valence-electron chi connectivity index (χ4n) is 1.39. The van der Waals surface area contributed by atoms with Gasteiger partial charge in [-0.25, -0.2) is 0 Å². The largest absolute Gasteiger partial charge is 0.368 e. The van der Waals surface area contributed by atoms with Crippen molar-refractivity contribution < 1.29 is 4.79 Å². The van der Waals surface area contributed by atoms with Crippen LogP contribution in [0.2, 0.25) is 0 Å². The molecule has 1 radical (unpaired) electrons. The molecule has 0 aliphatic heterocycles. The van der Waals surface area contributed by atoms with Crippen molar-refractivity contribution >= 4 is 12.0 Å². The highest BCUT2D eigenvalue weighted by Crippen LogP contribution is 2.13. The molecule has 3 heteroatoms. The van der Waals surface area contributed by atoms with E-state index in [4.69, 9.17) is 11.5 Å². The van der Waals surface area contributed by atoms with Crippen LogP contribution in [-0.4, -0.2) is 11.4 Å². The van der Waals surface area contributed by atoms with Gasteiger partial charge in [0.2, 0.25) is 5.91 Å². The predicted molar refractivity (Wildman–Crippen MR) is 66.2 cm³/mol. The van der Waals surface area contributed by atoms with Crippen molar-refractivity contribution in [3.8, 4) is 0 Å². The highest BCUT2D eigenvalue weighted by atomic mass is 16.1. The monoisotopic (exact) mass is 217 g/mol. The van der Waals surface area contributed by atoms with E-state index >= 15 is 0 Å². The number of hydrogen-bond donors (Lipinski definition) is 2. The van der Waals surface area contributed by atoms with Crippen LogP contribution in [0.4, 0.5) is 0 Å². The summed E-state index contributed by atoms with van der Waals surface area (Å²) in [5, 5.41) is 0. The van der Waals surface area contributed by atoms with E-state index in [1.165, 1.54) is 0 Å². The van der Waals surface area contributed by atoms with Crippen LogP contribution >= 0.6 is 0 Å². The Bertz CT molecular complexity index is 373. The zero-order valence-electron chi connectivity index (χ0n) is 9.23. The standard InChI is InChI=1S/C13H17N2O/c1-2-9-13(15,12(14)16)10-8-11-6-4-3-5-7-11/h3-8,10H,1-2,9,15H2,(H2,14,16). The van der Waals surface area contributed by atoms with Gasteiger partial charge in [0.15, 0.2) is 0 Å². The van der Waals surface area contributed by atoms with Gasteiger partial charge < -0.3 is 11.5 Å². The van der Waals surface area contributed by atoms with Gasteiger partial charge in [0.05, 0.1) is 0 Å². The summed E-state index contributed by atoms with van der Waals surface area (Å²) < 4.78 is 0. The van der Waals surface area contributed by atoms with Gasteiger partial charge in [-0.1, -0.05) is 55.8 Å². The van der Waals surface area contributed by atoms with E-state index in [0.717, 1.165) is 5.56 Å². The fraction of sp³-hybridized carbons (Fsp3) is 0.231. The number of carbonyl (C=O) groups is 1. The van der Waals surface area contributed by atoms with Crippen molar-refractivity contribution in [2.75, 3.05) is 0 Å². The Morgan fingerprint density at radius 2 is 2.00 bits per heavy atom. The molecule has 0 heterocycles. The van der Waals surface area contributed by atoms with Crippen LogP contribution in [0, 0.1) is 6.92 Å². The smallest absolute Gasteiger partial charge is 0.241 e. The van der Waals surface area contributed by atoms with E-state index in [-0.39, 0.29) is 0 Å². The molecule has 1 unspecified atom stereocenters. The maximum atomic E-state index is 11.3. The molecule has 0 aliphatic rings. The molecule has 1 aromatic rings. The zero-order valence-corrected chi connectivity index (χ0v) is 9.23. The number of nitrogens with two attached hydrogens (primary N) is 2. The summed E-state index contributed by atoms with van der Waals surface area (Å²) in [5.74, 6) is -0.525. The van der Waals surface area contributed by atoms with E-state index in [2.05, 4.69) is 6.92 Å². The lowest BCUT2D eigenvalue weighted by atomic mass is 9.93. The zero-order chi connectivity index (χ0) is 12.0. The van der Waals surface area contributed by atoms with Crippen LogP contribution < -0.4 is 11.5 Å². The summed E-state index contributed by atoms with van der Waals surface area (Å²) in [5.41, 5.74) is 11.1. The van der Waals surface area contributed by atoms with Gasteiger partial charge in [-0.05, 0) is 12.0 Å². The van der Waals surface area contributed by atoms with Gasteiger partial charge in [-0.15, -0.1) is 0 Å². The van der Waals surface area contributed by atoms with Gasteiger partial charge in [0, 0.05) is 0 Å². The molecule has 16 heavy (non-hydrogen) atoms. The predicted octanol–water partition coefficient (Wildman–Crippen LogP) is 1.50. The van der Waals surface area contributed by atoms with E-state index in [0.29, 0.717) is 12.8 Å². The van der Waals surface area contributed by atoms with Crippen molar-refractivity contribution in [3.05, 3.63) is 48.9 Å². The van der Waals surface area contributed by atoms with E-state index in [9.17, 15) is 4.79 Å². The first-order valence-corrected chi connectivity index (χ1v) is 5.21. The topological polar surface area (TPSA) is 69.1 Å². The summed E-state index contributed by atoms with van der Waals surface area (Å²) in [6.45, 7) is 3.69. The highest BCUT2D eigenvalue weighted by Gasteiger charge is 2.27. The van der Waals surface area contributed by atoms with Gasteiger partial charge >= 0.3 is 0 Å². The first-order chi connectivity index (χ1) is 7.58. The van der Waals surface area contributed by atoms with Crippen LogP contribution in [-0.2, 0) is 4.79 Å². The Morgan fingerprint density at radius 1 is 1.38 bits per heavy atom. The number of carbonyl (C=O) groups excluding carboxylic acids is 1. The first-order valence-electron chi connectivity index (χ1n) is 5.21. The summed E-state index contributed by atoms with van der Waals surface area (Å²) >= 11 is 0. The van der Waals surface area contributed by atoms with Crippen molar-refractivity contribution in [2.45, 2.75) is 18.4 Å². The second-order valence-corrected chi connectivity index (χ2v) is 3.75. The molecule has 1 aromatic carbocycles. The Morgan fingerprint density at radius 3 is 2.50 bits per heavy atom. The van der Waals surface area contributed by atoms with E-state index in [1.54, 1.807) is 12.2 Å². The number of rotatable bonds is 5. The Hall–Kier alpha value is -1.61. The molecule has 0 aliphatic carbocycles. The normalized spacial score (nSPS) is 14.9. The van der Waals surface area contributed by atoms with Gasteiger partial charge in [0.1, 0.15) is 5.54 Å². The number of benzene rings is 1. The molecule has 4 N–H and O–H groups in total. The third-order valence-electron chi connectivity index (χ3n) is 2.42. The van der Waals surface area contributed by atoms with E-state index < -0.39 is 11.4 Å². The van der Waals surface area contributed by atoms with Crippen molar-refractivity contribution in [2.24, 2.45) is 11.5 Å². The molecule has 1 atom stereocenters. The second-order valence-electron chi connectivity index (χ2n) is 3.75. The minimum atomic E-state index is -1.10. The molecule has 0 bridgehead atoms. The number of amides is 1. The molecule has 85 valence electrons. The molecule has 1 amide bonds. The number of primary amides is 1. The van der Waals surface area contributed by atoms with Crippen LogP contribution in [0.3, 0.4) is 0 Å². The molecule has 3 nitrogen and oxygen atoms in total. The number of hydrogen-bond acceptors (Lipinski definition) is 2. The Labute approximate surface area is 96.1 Å². The average molecular weight is 217 g/mol. The molecule has 0 spiro atoms. The molecule has 0 saturated heterocycles.